The van der Waals surface area contributed by atoms with Crippen molar-refractivity contribution in [3.8, 4) is 11.3 Å². The van der Waals surface area contributed by atoms with Gasteiger partial charge < -0.3 is 9.15 Å². The number of Topliss-reactive ketones (excluding diaryl/α,β-unsaturated/α-hetero) is 1. The van der Waals surface area contributed by atoms with Gasteiger partial charge in [0.05, 0.1) is 17.9 Å². The summed E-state index contributed by atoms with van der Waals surface area (Å²) in [7, 11) is 0. The van der Waals surface area contributed by atoms with Gasteiger partial charge in [-0.25, -0.2) is 4.79 Å². The third kappa shape index (κ3) is 2.81. The highest BCUT2D eigenvalue weighted by Gasteiger charge is 2.39. The van der Waals surface area contributed by atoms with Gasteiger partial charge >= 0.3 is 5.97 Å². The summed E-state index contributed by atoms with van der Waals surface area (Å²) in [5.41, 5.74) is 2.18. The van der Waals surface area contributed by atoms with Crippen LogP contribution >= 0.6 is 11.6 Å². The minimum Gasteiger partial charge on any atom is -0.464 e. The number of fused-ring (bicyclic) bond motifs is 1. The quantitative estimate of drug-likeness (QED) is 0.584. The molecule has 2 aliphatic carbocycles. The zero-order valence-corrected chi connectivity index (χ0v) is 14.5. The molecule has 4 rings (SSSR count). The van der Waals surface area contributed by atoms with Crippen LogP contribution in [0.25, 0.3) is 11.3 Å². The van der Waals surface area contributed by atoms with Gasteiger partial charge in [0.1, 0.15) is 11.3 Å². The molecule has 0 bridgehead atoms. The maximum absolute atomic E-state index is 12.9. The lowest BCUT2D eigenvalue weighted by Crippen LogP contribution is -2.23. The lowest BCUT2D eigenvalue weighted by Gasteiger charge is -2.24. The fourth-order valence-electron chi connectivity index (χ4n) is 3.39. The van der Waals surface area contributed by atoms with Gasteiger partial charge in [0.25, 0.3) is 0 Å². The van der Waals surface area contributed by atoms with Crippen LogP contribution in [0.1, 0.15) is 41.6 Å². The van der Waals surface area contributed by atoms with E-state index in [9.17, 15) is 9.59 Å². The van der Waals surface area contributed by atoms with E-state index in [0.29, 0.717) is 27.8 Å². The zero-order valence-electron chi connectivity index (χ0n) is 13.8. The molecule has 5 heteroatoms. The molecule has 1 fully saturated rings. The van der Waals surface area contributed by atoms with Crippen molar-refractivity contribution in [2.24, 2.45) is 5.92 Å². The topological polar surface area (TPSA) is 56.5 Å². The molecule has 0 radical (unpaired) electrons. The molecule has 25 heavy (non-hydrogen) atoms. The van der Waals surface area contributed by atoms with Crippen LogP contribution in [-0.2, 0) is 9.53 Å². The minimum absolute atomic E-state index is 0.0234. The molecule has 1 unspecified atom stereocenters. The molecule has 0 aliphatic heterocycles. The molecule has 128 valence electrons. The van der Waals surface area contributed by atoms with Crippen molar-refractivity contribution < 1.29 is 18.7 Å². The fourth-order valence-corrected chi connectivity index (χ4v) is 3.65. The lowest BCUT2D eigenvalue weighted by molar-refractivity contribution is -0.138. The zero-order chi connectivity index (χ0) is 17.6. The summed E-state index contributed by atoms with van der Waals surface area (Å²) in [5.74, 6) is 0.195. The third-order valence-electron chi connectivity index (χ3n) is 4.75. The standard InChI is InChI=1S/C20H17ClO4/c1-2-24-20(23)16-8-12(11-5-6-11)13-10-17(21)15(9-14(13)19(16)22)18-4-3-7-25-18/h3-4,7-12H,2,5-6H2,1H3. The van der Waals surface area contributed by atoms with Gasteiger partial charge in [-0.1, -0.05) is 17.7 Å². The second kappa shape index (κ2) is 6.19. The maximum Gasteiger partial charge on any atom is 0.341 e. The van der Waals surface area contributed by atoms with Crippen LogP contribution in [0, 0.1) is 5.92 Å². The average molecular weight is 357 g/mol. The normalized spacial score (nSPS) is 19.4. The van der Waals surface area contributed by atoms with Crippen molar-refractivity contribution >= 4 is 23.4 Å². The smallest absolute Gasteiger partial charge is 0.341 e. The Balaban J connectivity index is 1.84. The van der Waals surface area contributed by atoms with Crippen molar-refractivity contribution in [1.29, 1.82) is 0 Å². The average Bonchev–Trinajstić information content (AvgIpc) is 3.29. The predicted octanol–water partition coefficient (Wildman–Crippen LogP) is 4.78. The van der Waals surface area contributed by atoms with E-state index >= 15 is 0 Å². The molecule has 1 heterocycles. The van der Waals surface area contributed by atoms with E-state index in [0.717, 1.165) is 18.4 Å². The van der Waals surface area contributed by atoms with E-state index in [4.69, 9.17) is 20.8 Å². The Hall–Kier alpha value is -2.33. The molecule has 0 saturated heterocycles. The molecule has 2 aromatic rings. The van der Waals surface area contributed by atoms with E-state index in [1.54, 1.807) is 37.5 Å². The number of carbonyl (C=O) groups excluding carboxylic acids is 2. The van der Waals surface area contributed by atoms with Gasteiger partial charge in [-0.3, -0.25) is 4.79 Å². The summed E-state index contributed by atoms with van der Waals surface area (Å²) < 4.78 is 10.5. The Kier molecular flexibility index (Phi) is 4.00. The van der Waals surface area contributed by atoms with Crippen molar-refractivity contribution in [2.45, 2.75) is 25.7 Å². The second-order valence-corrected chi connectivity index (χ2v) is 6.80. The number of esters is 1. The lowest BCUT2D eigenvalue weighted by atomic mass is 9.80. The molecule has 0 N–H and O–H groups in total. The number of ether oxygens (including phenoxy) is 1. The number of hydrogen-bond acceptors (Lipinski definition) is 4. The van der Waals surface area contributed by atoms with Crippen LogP contribution in [-0.4, -0.2) is 18.4 Å². The van der Waals surface area contributed by atoms with Crippen LogP contribution in [0.3, 0.4) is 0 Å². The number of carbonyl (C=O) groups is 2. The molecule has 1 aromatic carbocycles. The highest BCUT2D eigenvalue weighted by Crippen LogP contribution is 2.48. The summed E-state index contributed by atoms with van der Waals surface area (Å²) >= 11 is 6.46. The van der Waals surface area contributed by atoms with Gasteiger partial charge in [-0.15, -0.1) is 0 Å². The van der Waals surface area contributed by atoms with Gasteiger partial charge in [-0.2, -0.15) is 0 Å². The second-order valence-electron chi connectivity index (χ2n) is 6.39. The number of rotatable bonds is 4. The highest BCUT2D eigenvalue weighted by molar-refractivity contribution is 6.34. The Labute approximate surface area is 150 Å². The van der Waals surface area contributed by atoms with Gasteiger partial charge in [0, 0.05) is 17.0 Å². The van der Waals surface area contributed by atoms with Crippen molar-refractivity contribution in [2.75, 3.05) is 6.61 Å². The molecule has 1 aromatic heterocycles. The van der Waals surface area contributed by atoms with E-state index < -0.39 is 5.97 Å². The van der Waals surface area contributed by atoms with Crippen LogP contribution < -0.4 is 0 Å². The Bertz CT molecular complexity index is 875. The number of allylic oxidation sites excluding steroid dienone is 1. The van der Waals surface area contributed by atoms with E-state index in [1.165, 1.54) is 0 Å². The number of furan rings is 1. The molecular formula is C20H17ClO4. The molecule has 1 saturated carbocycles. The first-order valence-corrected chi connectivity index (χ1v) is 8.79. The summed E-state index contributed by atoms with van der Waals surface area (Å²) in [4.78, 5) is 25.1. The molecule has 0 spiro atoms. The monoisotopic (exact) mass is 356 g/mol. The Morgan fingerprint density at radius 3 is 2.76 bits per heavy atom. The summed E-state index contributed by atoms with van der Waals surface area (Å²) in [6, 6.07) is 7.14. The number of halogens is 1. The first-order valence-electron chi connectivity index (χ1n) is 8.41. The molecule has 4 nitrogen and oxygen atoms in total. The first-order chi connectivity index (χ1) is 12.1. The summed E-state index contributed by atoms with van der Waals surface area (Å²) in [5, 5.41) is 0.542. The number of ketones is 1. The fraction of sp³-hybridized carbons (Fsp3) is 0.300. The van der Waals surface area contributed by atoms with Crippen LogP contribution in [0.2, 0.25) is 5.02 Å². The van der Waals surface area contributed by atoms with Crippen LogP contribution in [0.5, 0.6) is 0 Å². The Morgan fingerprint density at radius 2 is 2.12 bits per heavy atom. The molecule has 2 aliphatic rings. The minimum atomic E-state index is -0.557. The van der Waals surface area contributed by atoms with E-state index in [1.807, 2.05) is 6.07 Å². The largest absolute Gasteiger partial charge is 0.464 e. The van der Waals surface area contributed by atoms with Crippen LogP contribution in [0.15, 0.2) is 46.6 Å². The van der Waals surface area contributed by atoms with E-state index in [-0.39, 0.29) is 23.9 Å². The summed E-state index contributed by atoms with van der Waals surface area (Å²) in [6.45, 7) is 1.97. The van der Waals surface area contributed by atoms with E-state index in [2.05, 4.69) is 0 Å². The maximum atomic E-state index is 12.9. The molecule has 1 atom stereocenters. The van der Waals surface area contributed by atoms with Crippen molar-refractivity contribution in [1.82, 2.24) is 0 Å². The molecule has 0 amide bonds. The summed E-state index contributed by atoms with van der Waals surface area (Å²) in [6.07, 6.45) is 5.50. The van der Waals surface area contributed by atoms with Gasteiger partial charge in [-0.05, 0) is 55.5 Å². The molecular weight excluding hydrogens is 340 g/mol. The first kappa shape index (κ1) is 16.2. The SMILES string of the molecule is CCOC(=O)C1=CC(C2CC2)c2cc(Cl)c(-c3ccco3)cc2C1=O. The third-order valence-corrected chi connectivity index (χ3v) is 5.06. The van der Waals surface area contributed by atoms with Gasteiger partial charge in [0.15, 0.2) is 5.78 Å². The number of hydrogen-bond donors (Lipinski definition) is 0. The number of benzene rings is 1. The Morgan fingerprint density at radius 1 is 1.32 bits per heavy atom. The van der Waals surface area contributed by atoms with Crippen molar-refractivity contribution in [3.05, 3.63) is 58.3 Å². The van der Waals surface area contributed by atoms with Crippen LogP contribution in [0.4, 0.5) is 0 Å². The highest BCUT2D eigenvalue weighted by atomic mass is 35.5. The van der Waals surface area contributed by atoms with Crippen molar-refractivity contribution in [3.63, 3.8) is 0 Å². The predicted molar refractivity (Wildman–Crippen MR) is 93.7 cm³/mol. The van der Waals surface area contributed by atoms with Gasteiger partial charge in [0.2, 0.25) is 0 Å².